The molecule has 4 aliphatic heterocycles. The van der Waals surface area contributed by atoms with Gasteiger partial charge in [0.2, 0.25) is 0 Å². The van der Waals surface area contributed by atoms with Crippen LogP contribution in [0.25, 0.3) is 150 Å². The Morgan fingerprint density at radius 3 is 1.22 bits per heavy atom. The summed E-state index contributed by atoms with van der Waals surface area (Å²) in [6.07, 6.45) is 0. The van der Waals surface area contributed by atoms with Gasteiger partial charge in [0, 0.05) is 101 Å². The van der Waals surface area contributed by atoms with E-state index in [0.717, 1.165) is 155 Å². The molecule has 24 aromatic rings. The minimum atomic E-state index is -0.488. The van der Waals surface area contributed by atoms with Gasteiger partial charge in [0.1, 0.15) is 56.8 Å². The minimum absolute atomic E-state index is 0.331. The summed E-state index contributed by atoms with van der Waals surface area (Å²) in [4.78, 5) is 0. The van der Waals surface area contributed by atoms with E-state index >= 15 is 0 Å². The molecule has 0 radical (unpaired) electrons. The fraction of sp³-hybridized carbons (Fsp3) is 0. The summed E-state index contributed by atoms with van der Waals surface area (Å²) in [5.74, 6) is 5.73. The highest BCUT2D eigenvalue weighted by Gasteiger charge is 2.49. The molecule has 6 aromatic heterocycles. The lowest BCUT2D eigenvalue weighted by atomic mass is 9.31. The van der Waals surface area contributed by atoms with Gasteiger partial charge < -0.3 is 36.9 Å². The first-order valence-electron chi connectivity index (χ1n) is 41.7. The zero-order valence-electron chi connectivity index (χ0n) is 65.1. The van der Waals surface area contributed by atoms with E-state index in [2.05, 4.69) is 373 Å². The van der Waals surface area contributed by atoms with Crippen LogP contribution in [0.1, 0.15) is 0 Å². The van der Waals surface area contributed by atoms with Gasteiger partial charge in [0.15, 0.2) is 11.5 Å². The average molecular weight is 1590 g/mol. The van der Waals surface area contributed by atoms with E-state index in [0.29, 0.717) is 34.2 Å². The smallest absolute Gasteiger partial charge is 0.257 e. The third kappa shape index (κ3) is 9.28. The lowest BCUT2D eigenvalue weighted by Crippen LogP contribution is -2.60. The van der Waals surface area contributed by atoms with E-state index in [9.17, 15) is 0 Å². The van der Waals surface area contributed by atoms with Crippen LogP contribution in [-0.4, -0.2) is 36.0 Å². The molecule has 0 aliphatic carbocycles. The molecular formula is C108H60B4N2O6S2. The summed E-state index contributed by atoms with van der Waals surface area (Å²) in [6, 6.07) is 132. The van der Waals surface area contributed by atoms with Gasteiger partial charge >= 0.3 is 0 Å². The van der Waals surface area contributed by atoms with E-state index in [4.69, 9.17) is 27.8 Å². The molecule has 14 heteroatoms. The second kappa shape index (κ2) is 25.3. The molecular weight excluding hydrogens is 1530 g/mol. The average Bonchev–Trinajstić information content (AvgIpc) is 1.35. The summed E-state index contributed by atoms with van der Waals surface area (Å²) in [7, 11) is 0. The van der Waals surface area contributed by atoms with E-state index in [1.807, 2.05) is 22.7 Å². The number of furan rings is 2. The van der Waals surface area contributed by atoms with Gasteiger partial charge in [-0.15, -0.1) is 22.7 Å². The first-order chi connectivity index (χ1) is 60.5. The first-order valence-corrected chi connectivity index (χ1v) is 43.3. The Morgan fingerprint density at radius 2 is 0.639 bits per heavy atom. The molecule has 0 saturated carbocycles. The number of rotatable bonds is 7. The lowest BCUT2D eigenvalue weighted by Gasteiger charge is -2.34. The molecule has 0 saturated heterocycles. The summed E-state index contributed by atoms with van der Waals surface area (Å²) in [6.45, 7) is -1.53. The van der Waals surface area contributed by atoms with E-state index in [1.54, 1.807) is 0 Å². The highest BCUT2D eigenvalue weighted by atomic mass is 32.1. The highest BCUT2D eigenvalue weighted by Crippen LogP contribution is 2.50. The fourth-order valence-electron chi connectivity index (χ4n) is 21.6. The molecule has 10 heterocycles. The number of hydrogen-bond acceptors (Lipinski definition) is 8. The quantitative estimate of drug-likeness (QED) is 0.148. The SMILES string of the molecule is c1cc(B2c3cccc(-c4ccc5c(c4)oc4c6c(c7c(c45)Oc4ccccc4B7c4cccc5c4sc4ccccc45)Oc4ccccc4B6c4cccc5c4sc4ccccc45)c3Oc3c4c(c5c(oc6ccccc65)c32)B(c2cccc(-n3c5ccccc5c5ccccc53)c2)c2ccccc2O4)cc(-n2c3ccccc3c3ccccc32)c1. The van der Waals surface area contributed by atoms with Gasteiger partial charge in [0.05, 0.1) is 27.5 Å². The predicted molar refractivity (Wildman–Crippen MR) is 511 cm³/mol. The van der Waals surface area contributed by atoms with Crippen LogP contribution in [0, 0.1) is 0 Å². The molecule has 0 fully saturated rings. The maximum atomic E-state index is 8.16. The Labute approximate surface area is 707 Å². The lowest BCUT2D eigenvalue weighted by molar-refractivity contribution is 0.425. The molecule has 0 N–H and O–H groups in total. The van der Waals surface area contributed by atoms with Gasteiger partial charge in [-0.1, -0.05) is 289 Å². The van der Waals surface area contributed by atoms with Gasteiger partial charge in [-0.05, 0) is 141 Å². The second-order valence-corrected chi connectivity index (χ2v) is 34.9. The molecule has 0 bridgehead atoms. The number of hydrogen-bond donors (Lipinski definition) is 0. The van der Waals surface area contributed by atoms with Crippen LogP contribution in [0.5, 0.6) is 46.0 Å². The van der Waals surface area contributed by atoms with E-state index < -0.39 is 6.71 Å². The third-order valence-electron chi connectivity index (χ3n) is 26.6. The van der Waals surface area contributed by atoms with Crippen LogP contribution >= 0.6 is 22.7 Å². The third-order valence-corrected chi connectivity index (χ3v) is 29.1. The van der Waals surface area contributed by atoms with Crippen LogP contribution in [-0.2, 0) is 0 Å². The van der Waals surface area contributed by atoms with Crippen LogP contribution in [0.15, 0.2) is 373 Å². The number of benzene rings is 18. The summed E-state index contributed by atoms with van der Waals surface area (Å²) in [5.41, 5.74) is 23.7. The van der Waals surface area contributed by atoms with Gasteiger partial charge in [-0.3, -0.25) is 0 Å². The largest absolute Gasteiger partial charge is 0.459 e. The van der Waals surface area contributed by atoms with Crippen LogP contribution in [0.2, 0.25) is 0 Å². The highest BCUT2D eigenvalue weighted by molar-refractivity contribution is 7.28. The Hall–Kier alpha value is -14.9. The summed E-state index contributed by atoms with van der Waals surface area (Å²) < 4.78 is 56.7. The normalized spacial score (nSPS) is 13.3. The summed E-state index contributed by atoms with van der Waals surface area (Å²) >= 11 is 3.70. The van der Waals surface area contributed by atoms with Gasteiger partial charge in [-0.25, -0.2) is 0 Å². The van der Waals surface area contributed by atoms with Crippen molar-refractivity contribution in [3.63, 3.8) is 0 Å². The number of ether oxygens (including phenoxy) is 4. The molecule has 122 heavy (non-hydrogen) atoms. The Morgan fingerprint density at radius 1 is 0.238 bits per heavy atom. The number of fused-ring (bicyclic) bond motifs is 32. The van der Waals surface area contributed by atoms with Gasteiger partial charge in [0.25, 0.3) is 26.9 Å². The first kappa shape index (κ1) is 67.0. The van der Waals surface area contributed by atoms with Crippen LogP contribution < -0.4 is 84.5 Å². The number of nitrogens with zero attached hydrogens (tertiary/aromatic N) is 2. The maximum absolute atomic E-state index is 8.16. The van der Waals surface area contributed by atoms with Crippen molar-refractivity contribution in [2.75, 3.05) is 0 Å². The van der Waals surface area contributed by atoms with Crippen molar-refractivity contribution in [1.29, 1.82) is 0 Å². The van der Waals surface area contributed by atoms with Crippen molar-refractivity contribution < 1.29 is 27.8 Å². The molecule has 0 spiro atoms. The number of thiophene rings is 2. The summed E-state index contributed by atoms with van der Waals surface area (Å²) in [5, 5.41) is 13.5. The molecule has 0 amide bonds. The van der Waals surface area contributed by atoms with Crippen LogP contribution in [0.4, 0.5) is 0 Å². The van der Waals surface area contributed by atoms with E-state index in [1.165, 1.54) is 72.8 Å². The Kier molecular flexibility index (Phi) is 13.9. The zero-order valence-corrected chi connectivity index (χ0v) is 66.7. The molecule has 0 atom stereocenters. The molecule has 4 aliphatic rings. The maximum Gasteiger partial charge on any atom is 0.257 e. The molecule has 0 unspecified atom stereocenters. The van der Waals surface area contributed by atoms with Crippen molar-refractivity contribution in [3.8, 4) is 68.5 Å². The number of para-hydroxylation sites is 9. The zero-order chi connectivity index (χ0) is 79.3. The van der Waals surface area contributed by atoms with E-state index in [-0.39, 0.29) is 20.1 Å². The molecule has 28 rings (SSSR count). The van der Waals surface area contributed by atoms with Crippen molar-refractivity contribution in [1.82, 2.24) is 9.13 Å². The van der Waals surface area contributed by atoms with Crippen molar-refractivity contribution in [3.05, 3.63) is 364 Å². The number of aromatic nitrogens is 2. The standard InChI is InChI=1S/C108H60B4N2O6S2/c1-11-46-83-67(30-1)68-31-2-12-47-84(68)113(83)64-28-21-26-62(59-64)109-77-40-8-16-51-88(77)118-105-96(109)94-75-36-5-15-50-87(75)115-101(94)99-106(105)120-100-66(37-23-43-80(100)110(99)63-27-22-29-65(60-63)114-85-48-13-3-32-69(85)70-33-4-14-49-86(70)114)61-56-57-76-91(58-61)119-103-95(76)102-97(111(78-41-9-17-52-89(78)116-102)81-44-24-38-73-71-34-6-19-54-92(71)121-107(73)81)104-98(103)112(79-42-10-18-53-90(79)117-104)82-45-25-39-74-72-35-7-20-55-93(72)122-108(74)82/h1-60H. The minimum Gasteiger partial charge on any atom is -0.459 e. The topological polar surface area (TPSA) is 73.1 Å². The predicted octanol–water partition coefficient (Wildman–Crippen LogP) is 20.6. The monoisotopic (exact) mass is 1590 g/mol. The Balaban J connectivity index is 0.704. The molecule has 8 nitrogen and oxygen atoms in total. The molecule has 18 aromatic carbocycles. The van der Waals surface area contributed by atoms with Crippen molar-refractivity contribution in [2.24, 2.45) is 0 Å². The Bertz CT molecular complexity index is 8660. The van der Waals surface area contributed by atoms with Crippen molar-refractivity contribution in [2.45, 2.75) is 0 Å². The van der Waals surface area contributed by atoms with Crippen LogP contribution in [0.3, 0.4) is 0 Å². The van der Waals surface area contributed by atoms with Gasteiger partial charge in [-0.2, -0.15) is 0 Å². The molecule has 562 valence electrons. The second-order valence-electron chi connectivity index (χ2n) is 32.8. The fourth-order valence-corrected chi connectivity index (χ4v) is 24.1. The van der Waals surface area contributed by atoms with Crippen molar-refractivity contribution >= 4 is 243 Å².